The molecule has 90 valence electrons. The summed E-state index contributed by atoms with van der Waals surface area (Å²) >= 11 is 9.18. The van der Waals surface area contributed by atoms with Gasteiger partial charge in [-0.2, -0.15) is 5.26 Å². The largest absolute Gasteiger partial charge is 0.490 e. The van der Waals surface area contributed by atoms with E-state index in [0.717, 1.165) is 0 Å². The van der Waals surface area contributed by atoms with Crippen LogP contribution in [0.1, 0.15) is 19.4 Å². The molecule has 0 bridgehead atoms. The molecule has 1 amide bonds. The third-order valence-corrected chi connectivity index (χ3v) is 2.94. The number of nitriles is 1. The Hall–Kier alpha value is -1.25. The van der Waals surface area contributed by atoms with Gasteiger partial charge in [0, 0.05) is 6.92 Å². The van der Waals surface area contributed by atoms with E-state index in [0.29, 0.717) is 22.5 Å². The van der Waals surface area contributed by atoms with Crippen molar-refractivity contribution in [3.8, 4) is 11.8 Å². The number of hydrogen-bond acceptors (Lipinski definition) is 3. The molecule has 0 unspecified atom stereocenters. The third-order valence-electron chi connectivity index (χ3n) is 1.88. The molecule has 1 rings (SSSR count). The van der Waals surface area contributed by atoms with Gasteiger partial charge in [0.15, 0.2) is 5.75 Å². The minimum atomic E-state index is -0.237. The first kappa shape index (κ1) is 13.8. The van der Waals surface area contributed by atoms with Gasteiger partial charge in [-0.3, -0.25) is 4.79 Å². The molecular weight excluding hydrogens is 307 g/mol. The van der Waals surface area contributed by atoms with E-state index in [4.69, 9.17) is 21.6 Å². The molecule has 0 aliphatic rings. The minimum absolute atomic E-state index is 0.237. The standard InChI is InChI=1S/C11H10BrClN2O2/c1-3-17-11-9(15-6(2)16)4-8(13)7(5-14)10(11)12/h4H,3H2,1-2H3,(H,15,16). The van der Waals surface area contributed by atoms with Crippen molar-refractivity contribution in [2.24, 2.45) is 0 Å². The summed E-state index contributed by atoms with van der Waals surface area (Å²) in [5, 5.41) is 11.8. The third kappa shape index (κ3) is 3.11. The molecule has 0 saturated heterocycles. The molecule has 0 aliphatic heterocycles. The van der Waals surface area contributed by atoms with Gasteiger partial charge in [0.1, 0.15) is 6.07 Å². The Balaban J connectivity index is 3.39. The number of amides is 1. The van der Waals surface area contributed by atoms with Crippen molar-refractivity contribution in [1.82, 2.24) is 0 Å². The lowest BCUT2D eigenvalue weighted by molar-refractivity contribution is -0.114. The molecule has 0 atom stereocenters. The predicted octanol–water partition coefficient (Wildman–Crippen LogP) is 3.33. The topological polar surface area (TPSA) is 62.1 Å². The van der Waals surface area contributed by atoms with Gasteiger partial charge in [0.05, 0.1) is 27.4 Å². The molecule has 1 aromatic carbocycles. The van der Waals surface area contributed by atoms with Crippen LogP contribution in [0, 0.1) is 11.3 Å². The number of anilines is 1. The fourth-order valence-electron chi connectivity index (χ4n) is 1.27. The van der Waals surface area contributed by atoms with E-state index >= 15 is 0 Å². The molecule has 1 N–H and O–H groups in total. The molecule has 0 saturated carbocycles. The number of nitrogens with one attached hydrogen (secondary N) is 1. The van der Waals surface area contributed by atoms with Crippen LogP contribution in [0.25, 0.3) is 0 Å². The predicted molar refractivity (Wildman–Crippen MR) is 69.3 cm³/mol. The Kier molecular flexibility index (Phi) is 4.79. The van der Waals surface area contributed by atoms with Gasteiger partial charge < -0.3 is 10.1 Å². The molecule has 0 spiro atoms. The van der Waals surface area contributed by atoms with E-state index in [1.807, 2.05) is 13.0 Å². The maximum atomic E-state index is 11.1. The van der Waals surface area contributed by atoms with Crippen molar-refractivity contribution in [3.63, 3.8) is 0 Å². The van der Waals surface area contributed by atoms with Crippen LogP contribution in [0.5, 0.6) is 5.75 Å². The molecule has 0 aromatic heterocycles. The van der Waals surface area contributed by atoms with E-state index in [1.54, 1.807) is 0 Å². The molecule has 4 nitrogen and oxygen atoms in total. The molecule has 0 radical (unpaired) electrons. The second-order valence-electron chi connectivity index (χ2n) is 3.15. The zero-order valence-corrected chi connectivity index (χ0v) is 11.6. The second kappa shape index (κ2) is 5.89. The first-order chi connectivity index (χ1) is 8.01. The molecule has 17 heavy (non-hydrogen) atoms. The quantitative estimate of drug-likeness (QED) is 0.930. The molecule has 6 heteroatoms. The molecule has 0 fully saturated rings. The monoisotopic (exact) mass is 316 g/mol. The van der Waals surface area contributed by atoms with E-state index in [1.165, 1.54) is 13.0 Å². The maximum Gasteiger partial charge on any atom is 0.221 e. The molecule has 0 heterocycles. The average molecular weight is 318 g/mol. The normalized spacial score (nSPS) is 9.59. The van der Waals surface area contributed by atoms with E-state index in [9.17, 15) is 4.79 Å². The first-order valence-electron chi connectivity index (χ1n) is 4.83. The summed E-state index contributed by atoms with van der Waals surface area (Å²) in [6.45, 7) is 3.61. The van der Waals surface area contributed by atoms with Gasteiger partial charge in [-0.25, -0.2) is 0 Å². The Morgan fingerprint density at radius 3 is 2.82 bits per heavy atom. The van der Waals surface area contributed by atoms with Crippen molar-refractivity contribution in [2.45, 2.75) is 13.8 Å². The fraction of sp³-hybridized carbons (Fsp3) is 0.273. The first-order valence-corrected chi connectivity index (χ1v) is 6.00. The number of carbonyl (C=O) groups is 1. The van der Waals surface area contributed by atoms with Crippen LogP contribution in [-0.4, -0.2) is 12.5 Å². The number of hydrogen-bond donors (Lipinski definition) is 1. The van der Waals surface area contributed by atoms with Crippen molar-refractivity contribution < 1.29 is 9.53 Å². The van der Waals surface area contributed by atoms with Crippen LogP contribution in [-0.2, 0) is 4.79 Å². The van der Waals surface area contributed by atoms with E-state index in [2.05, 4.69) is 21.2 Å². The zero-order valence-electron chi connectivity index (χ0n) is 9.30. The highest BCUT2D eigenvalue weighted by Gasteiger charge is 2.17. The Morgan fingerprint density at radius 1 is 1.71 bits per heavy atom. The Bertz CT molecular complexity index is 497. The molecule has 0 aliphatic carbocycles. The Morgan fingerprint density at radius 2 is 2.35 bits per heavy atom. The fourth-order valence-corrected chi connectivity index (χ4v) is 2.26. The number of ether oxygens (including phenoxy) is 1. The summed E-state index contributed by atoms with van der Waals surface area (Å²) in [5.74, 6) is 0.169. The highest BCUT2D eigenvalue weighted by molar-refractivity contribution is 9.10. The van der Waals surface area contributed by atoms with Crippen molar-refractivity contribution in [1.29, 1.82) is 5.26 Å². The number of benzene rings is 1. The second-order valence-corrected chi connectivity index (χ2v) is 4.35. The summed E-state index contributed by atoms with van der Waals surface area (Å²) in [4.78, 5) is 11.1. The van der Waals surface area contributed by atoms with Gasteiger partial charge in [0.25, 0.3) is 0 Å². The summed E-state index contributed by atoms with van der Waals surface area (Å²) in [6.07, 6.45) is 0. The van der Waals surface area contributed by atoms with E-state index in [-0.39, 0.29) is 16.5 Å². The highest BCUT2D eigenvalue weighted by atomic mass is 79.9. The van der Waals surface area contributed by atoms with Crippen molar-refractivity contribution in [3.05, 3.63) is 21.1 Å². The number of carbonyl (C=O) groups excluding carboxylic acids is 1. The summed E-state index contributed by atoms with van der Waals surface area (Å²) in [6, 6.07) is 3.47. The zero-order chi connectivity index (χ0) is 13.0. The lowest BCUT2D eigenvalue weighted by atomic mass is 10.2. The van der Waals surface area contributed by atoms with Crippen LogP contribution in [0.3, 0.4) is 0 Å². The summed E-state index contributed by atoms with van der Waals surface area (Å²) < 4.78 is 5.84. The number of nitrogens with zero attached hydrogens (tertiary/aromatic N) is 1. The van der Waals surface area contributed by atoms with Gasteiger partial charge in [-0.15, -0.1) is 0 Å². The smallest absolute Gasteiger partial charge is 0.221 e. The average Bonchev–Trinajstić information content (AvgIpc) is 2.23. The summed E-state index contributed by atoms with van der Waals surface area (Å²) in [5.41, 5.74) is 0.722. The van der Waals surface area contributed by atoms with Crippen LogP contribution >= 0.6 is 27.5 Å². The number of rotatable bonds is 3. The minimum Gasteiger partial charge on any atom is -0.490 e. The summed E-state index contributed by atoms with van der Waals surface area (Å²) in [7, 11) is 0. The van der Waals surface area contributed by atoms with Crippen molar-refractivity contribution in [2.75, 3.05) is 11.9 Å². The number of halogens is 2. The SMILES string of the molecule is CCOc1c(NC(C)=O)cc(Cl)c(C#N)c1Br. The van der Waals surface area contributed by atoms with Gasteiger partial charge >= 0.3 is 0 Å². The Labute approximate surface area is 113 Å². The lowest BCUT2D eigenvalue weighted by Gasteiger charge is -2.14. The van der Waals surface area contributed by atoms with Crippen LogP contribution < -0.4 is 10.1 Å². The highest BCUT2D eigenvalue weighted by Crippen LogP contribution is 2.40. The van der Waals surface area contributed by atoms with Crippen LogP contribution in [0.2, 0.25) is 5.02 Å². The van der Waals surface area contributed by atoms with Crippen LogP contribution in [0.15, 0.2) is 10.5 Å². The van der Waals surface area contributed by atoms with Crippen LogP contribution in [0.4, 0.5) is 5.69 Å². The van der Waals surface area contributed by atoms with Gasteiger partial charge in [-0.1, -0.05) is 11.6 Å². The van der Waals surface area contributed by atoms with Gasteiger partial charge in [0.2, 0.25) is 5.91 Å². The molecule has 1 aromatic rings. The maximum absolute atomic E-state index is 11.1. The van der Waals surface area contributed by atoms with Crippen molar-refractivity contribution >= 4 is 39.1 Å². The lowest BCUT2D eigenvalue weighted by Crippen LogP contribution is -2.09. The molecular formula is C11H10BrClN2O2. The van der Waals surface area contributed by atoms with E-state index < -0.39 is 0 Å². The van der Waals surface area contributed by atoms with Gasteiger partial charge in [-0.05, 0) is 28.9 Å².